The highest BCUT2D eigenvalue weighted by molar-refractivity contribution is 5.96. The first-order chi connectivity index (χ1) is 16.9. The molecule has 0 radical (unpaired) electrons. The Bertz CT molecular complexity index is 1300. The molecule has 0 unspecified atom stereocenters. The van der Waals surface area contributed by atoms with Gasteiger partial charge in [0.25, 0.3) is 5.91 Å². The van der Waals surface area contributed by atoms with Gasteiger partial charge in [-0.2, -0.15) is 17.6 Å². The second kappa shape index (κ2) is 9.28. The molecular formula is C23H23F5N4O4. The minimum absolute atomic E-state index is 0.186. The third kappa shape index (κ3) is 4.26. The number of anilines is 1. The highest BCUT2D eigenvalue weighted by atomic mass is 19.4. The van der Waals surface area contributed by atoms with E-state index in [2.05, 4.69) is 15.6 Å². The number of aliphatic hydroxyl groups excluding tert-OH is 1. The maximum atomic E-state index is 14.7. The van der Waals surface area contributed by atoms with E-state index >= 15 is 0 Å². The highest BCUT2D eigenvalue weighted by Gasteiger charge is 2.65. The zero-order valence-electron chi connectivity index (χ0n) is 19.4. The Kier molecular flexibility index (Phi) is 6.64. The summed E-state index contributed by atoms with van der Waals surface area (Å²) >= 11 is 0. The van der Waals surface area contributed by atoms with Gasteiger partial charge in [-0.1, -0.05) is 18.2 Å². The molecule has 2 aromatic heterocycles. The minimum Gasteiger partial charge on any atom is -0.488 e. The van der Waals surface area contributed by atoms with Gasteiger partial charge in [-0.15, -0.1) is 5.10 Å². The molecule has 13 heteroatoms. The van der Waals surface area contributed by atoms with E-state index in [0.29, 0.717) is 11.2 Å². The molecule has 3 heterocycles. The molecule has 36 heavy (non-hydrogen) atoms. The molecule has 4 rings (SSSR count). The molecule has 0 spiro atoms. The van der Waals surface area contributed by atoms with Gasteiger partial charge >= 0.3 is 6.18 Å². The summed E-state index contributed by atoms with van der Waals surface area (Å²) in [6.45, 7) is 2.72. The lowest BCUT2D eigenvalue weighted by molar-refractivity contribution is -0.272. The summed E-state index contributed by atoms with van der Waals surface area (Å²) in [7, 11) is 0. The molecule has 1 aliphatic rings. The molecule has 4 atom stereocenters. The number of nitrogens with one attached hydrogen (secondary N) is 1. The maximum Gasteiger partial charge on any atom is 0.417 e. The van der Waals surface area contributed by atoms with Crippen molar-refractivity contribution in [1.82, 2.24) is 14.8 Å². The van der Waals surface area contributed by atoms with Gasteiger partial charge in [0, 0.05) is 29.3 Å². The molecule has 194 valence electrons. The van der Waals surface area contributed by atoms with Crippen LogP contribution in [0.4, 0.5) is 27.6 Å². The molecule has 1 saturated heterocycles. The molecule has 3 aromatic rings. The fourth-order valence-corrected chi connectivity index (χ4v) is 4.43. The molecule has 1 amide bonds. The van der Waals surface area contributed by atoms with Gasteiger partial charge in [0.15, 0.2) is 17.2 Å². The van der Waals surface area contributed by atoms with Crippen LogP contribution in [0.1, 0.15) is 31.0 Å². The number of amides is 1. The molecule has 8 nitrogen and oxygen atoms in total. The van der Waals surface area contributed by atoms with Gasteiger partial charge < -0.3 is 19.9 Å². The van der Waals surface area contributed by atoms with Crippen molar-refractivity contribution in [3.63, 3.8) is 0 Å². The monoisotopic (exact) mass is 514 g/mol. The van der Waals surface area contributed by atoms with Crippen molar-refractivity contribution in [3.8, 4) is 5.75 Å². The Balaban J connectivity index is 1.77. The molecule has 1 fully saturated rings. The zero-order chi connectivity index (χ0) is 26.4. The number of pyridine rings is 1. The van der Waals surface area contributed by atoms with Gasteiger partial charge in [0.2, 0.25) is 5.82 Å². The van der Waals surface area contributed by atoms with Crippen LogP contribution in [0.3, 0.4) is 0 Å². The van der Waals surface area contributed by atoms with E-state index < -0.39 is 66.2 Å². The number of nitrogens with zero attached hydrogens (tertiary/aromatic N) is 3. The van der Waals surface area contributed by atoms with Crippen molar-refractivity contribution in [2.24, 2.45) is 5.92 Å². The van der Waals surface area contributed by atoms with Gasteiger partial charge in [0.05, 0.1) is 17.8 Å². The van der Waals surface area contributed by atoms with Gasteiger partial charge in [-0.25, -0.2) is 8.91 Å². The lowest BCUT2D eigenvalue weighted by Gasteiger charge is -2.32. The van der Waals surface area contributed by atoms with Gasteiger partial charge in [-0.05, 0) is 32.0 Å². The SMILES string of the molecule is Cc1nnn2ccc(NC(=O)[C@@H]3O[C@@](C)(C(F)(F)F)[C@@H](C)[C@H]3c3ccc(F)c(F)c3OCCO)cc12. The average Bonchev–Trinajstić information content (AvgIpc) is 3.32. The van der Waals surface area contributed by atoms with Crippen molar-refractivity contribution >= 4 is 17.1 Å². The molecule has 0 bridgehead atoms. The normalized spacial score (nSPS) is 24.3. The second-order valence-electron chi connectivity index (χ2n) is 8.72. The Hall–Kier alpha value is -3.32. The Morgan fingerprint density at radius 2 is 2.03 bits per heavy atom. The maximum absolute atomic E-state index is 14.7. The highest BCUT2D eigenvalue weighted by Crippen LogP contribution is 2.55. The number of carbonyl (C=O) groups is 1. The minimum atomic E-state index is -4.89. The van der Waals surface area contributed by atoms with E-state index in [1.807, 2.05) is 0 Å². The van der Waals surface area contributed by atoms with Gasteiger partial charge in [0.1, 0.15) is 12.7 Å². The summed E-state index contributed by atoms with van der Waals surface area (Å²) in [5.74, 6) is -7.12. The Morgan fingerprint density at radius 1 is 1.31 bits per heavy atom. The third-order valence-electron chi connectivity index (χ3n) is 6.57. The number of aliphatic hydroxyl groups is 1. The standard InChI is InChI=1S/C23H23F5N4O4/c1-11-17(14-4-5-15(24)18(25)19(14)35-9-8-33)20(36-22(11,3)23(26,27)28)21(34)29-13-6-7-32-16(10-13)12(2)30-31-32/h4-7,10-11,17,20,33H,8-9H2,1-3H3,(H,29,34)/t11-,17-,20+,22+/m0/s1. The number of hydrogen-bond donors (Lipinski definition) is 2. The molecule has 0 aliphatic carbocycles. The van der Waals surface area contributed by atoms with Crippen molar-refractivity contribution in [1.29, 1.82) is 0 Å². The molecule has 2 N–H and O–H groups in total. The average molecular weight is 514 g/mol. The summed E-state index contributed by atoms with van der Waals surface area (Å²) in [5.41, 5.74) is -1.60. The lowest BCUT2D eigenvalue weighted by Crippen LogP contribution is -2.47. The van der Waals surface area contributed by atoms with E-state index in [1.165, 1.54) is 29.8 Å². The summed E-state index contributed by atoms with van der Waals surface area (Å²) in [6.07, 6.45) is -5.12. The van der Waals surface area contributed by atoms with E-state index in [-0.39, 0.29) is 11.3 Å². The van der Waals surface area contributed by atoms with Gasteiger partial charge in [-0.3, -0.25) is 4.79 Å². The van der Waals surface area contributed by atoms with E-state index in [9.17, 15) is 26.7 Å². The fraction of sp³-hybridized carbons (Fsp3) is 0.435. The predicted molar refractivity (Wildman–Crippen MR) is 117 cm³/mol. The summed E-state index contributed by atoms with van der Waals surface area (Å²) in [4.78, 5) is 13.3. The third-order valence-corrected chi connectivity index (χ3v) is 6.57. The van der Waals surface area contributed by atoms with E-state index in [1.54, 1.807) is 6.92 Å². The molecule has 0 saturated carbocycles. The quantitative estimate of drug-likeness (QED) is 0.487. The van der Waals surface area contributed by atoms with E-state index in [0.717, 1.165) is 19.1 Å². The number of fused-ring (bicyclic) bond motifs is 1. The summed E-state index contributed by atoms with van der Waals surface area (Å²) in [5, 5.41) is 19.4. The number of halogens is 5. The van der Waals surface area contributed by atoms with E-state index in [4.69, 9.17) is 14.6 Å². The number of aryl methyl sites for hydroxylation is 1. The number of carbonyl (C=O) groups excluding carboxylic acids is 1. The largest absolute Gasteiger partial charge is 0.488 e. The van der Waals surface area contributed by atoms with Crippen LogP contribution in [-0.4, -0.2) is 56.9 Å². The van der Waals surface area contributed by atoms with Crippen LogP contribution >= 0.6 is 0 Å². The molecule has 1 aliphatic heterocycles. The number of ether oxygens (including phenoxy) is 2. The summed E-state index contributed by atoms with van der Waals surface area (Å²) in [6, 6.07) is 4.82. The first-order valence-corrected chi connectivity index (χ1v) is 11.0. The summed E-state index contributed by atoms with van der Waals surface area (Å²) < 4.78 is 82.9. The Morgan fingerprint density at radius 3 is 2.69 bits per heavy atom. The number of rotatable bonds is 6. The first-order valence-electron chi connectivity index (χ1n) is 11.0. The molecular weight excluding hydrogens is 491 g/mol. The molecule has 1 aromatic carbocycles. The fourth-order valence-electron chi connectivity index (χ4n) is 4.43. The van der Waals surface area contributed by atoms with Crippen molar-refractivity contribution in [2.45, 2.75) is 44.6 Å². The Labute approximate surface area is 202 Å². The van der Waals surface area contributed by atoms with Crippen LogP contribution in [0.2, 0.25) is 0 Å². The number of alkyl halides is 3. The topological polar surface area (TPSA) is 98.0 Å². The van der Waals surface area contributed by atoms with Crippen LogP contribution in [0.25, 0.3) is 5.52 Å². The predicted octanol–water partition coefficient (Wildman–Crippen LogP) is 3.77. The zero-order valence-corrected chi connectivity index (χ0v) is 19.4. The first kappa shape index (κ1) is 25.8. The van der Waals surface area contributed by atoms with Crippen LogP contribution in [0.15, 0.2) is 30.5 Å². The van der Waals surface area contributed by atoms with Crippen LogP contribution in [-0.2, 0) is 9.53 Å². The smallest absolute Gasteiger partial charge is 0.417 e. The van der Waals surface area contributed by atoms with Crippen LogP contribution in [0.5, 0.6) is 5.75 Å². The van der Waals surface area contributed by atoms with Crippen LogP contribution in [0, 0.1) is 24.5 Å². The van der Waals surface area contributed by atoms with Crippen molar-refractivity contribution in [2.75, 3.05) is 18.5 Å². The number of benzene rings is 1. The lowest BCUT2D eigenvalue weighted by atomic mass is 9.77. The number of hydrogen-bond acceptors (Lipinski definition) is 6. The second-order valence-corrected chi connectivity index (χ2v) is 8.72. The van der Waals surface area contributed by atoms with Crippen molar-refractivity contribution in [3.05, 3.63) is 53.4 Å². The number of aromatic nitrogens is 3. The van der Waals surface area contributed by atoms with Crippen molar-refractivity contribution < 1.29 is 41.3 Å². The van der Waals surface area contributed by atoms with Crippen LogP contribution < -0.4 is 10.1 Å².